The van der Waals surface area contributed by atoms with Crippen LogP contribution in [0.2, 0.25) is 0 Å². The highest BCUT2D eigenvalue weighted by molar-refractivity contribution is 5.99. The summed E-state index contributed by atoms with van der Waals surface area (Å²) in [7, 11) is 0. The van der Waals surface area contributed by atoms with E-state index in [2.05, 4.69) is 0 Å². The number of aliphatic hydroxyl groups is 1. The molecule has 0 saturated heterocycles. The van der Waals surface area contributed by atoms with E-state index in [1.165, 1.54) is 0 Å². The minimum atomic E-state index is -1.33. The molecule has 22 heavy (non-hydrogen) atoms. The summed E-state index contributed by atoms with van der Waals surface area (Å²) in [5.41, 5.74) is -0.403. The number of hydrogen-bond donors (Lipinski definition) is 2. The second-order valence-electron chi connectivity index (χ2n) is 6.36. The number of allylic oxidation sites excluding steroid dienone is 2. The molecule has 1 aliphatic carbocycles. The van der Waals surface area contributed by atoms with E-state index < -0.39 is 17.0 Å². The second-order valence-corrected chi connectivity index (χ2v) is 6.36. The number of Topliss-reactive ketones (excluding diaryl/α,β-unsaturated/α-hetero) is 1. The smallest absolute Gasteiger partial charge is 0.328 e. The van der Waals surface area contributed by atoms with Crippen LogP contribution in [0.15, 0.2) is 48.1 Å². The number of benzene rings is 1. The average Bonchev–Trinajstić information content (AvgIpc) is 2.42. The zero-order valence-electron chi connectivity index (χ0n) is 13.0. The van der Waals surface area contributed by atoms with Crippen LogP contribution in [0.1, 0.15) is 43.1 Å². The molecule has 1 atom stereocenters. The van der Waals surface area contributed by atoms with Crippen molar-refractivity contribution in [3.05, 3.63) is 59.2 Å². The standard InChI is InChI=1S/C18H20O4/c1-12(10-16(20)21)8-9-18(22)14-7-5-4-6-13(14)15(19)11-17(18,2)3/h4-10,22H,11H2,1-3H3,(H,20,21)/b9-8+,12-10-. The maximum Gasteiger partial charge on any atom is 0.328 e. The van der Waals surface area contributed by atoms with Crippen LogP contribution in [0.3, 0.4) is 0 Å². The van der Waals surface area contributed by atoms with Crippen LogP contribution >= 0.6 is 0 Å². The van der Waals surface area contributed by atoms with Crippen LogP contribution < -0.4 is 0 Å². The lowest BCUT2D eigenvalue weighted by molar-refractivity contribution is -0.131. The lowest BCUT2D eigenvalue weighted by atomic mass is 9.62. The number of carboxylic acids is 1. The van der Waals surface area contributed by atoms with Gasteiger partial charge in [-0.05, 0) is 24.1 Å². The van der Waals surface area contributed by atoms with Gasteiger partial charge in [0.05, 0.1) is 0 Å². The zero-order chi connectivity index (χ0) is 16.5. The molecule has 0 fully saturated rings. The average molecular weight is 300 g/mol. The second kappa shape index (κ2) is 5.54. The van der Waals surface area contributed by atoms with Crippen molar-refractivity contribution in [2.75, 3.05) is 0 Å². The third kappa shape index (κ3) is 2.74. The number of hydrogen-bond acceptors (Lipinski definition) is 3. The van der Waals surface area contributed by atoms with Gasteiger partial charge in [-0.25, -0.2) is 4.79 Å². The van der Waals surface area contributed by atoms with E-state index in [9.17, 15) is 14.7 Å². The molecule has 1 aliphatic rings. The highest BCUT2D eigenvalue weighted by Crippen LogP contribution is 2.49. The number of aliphatic carboxylic acids is 1. The Labute approximate surface area is 129 Å². The van der Waals surface area contributed by atoms with E-state index >= 15 is 0 Å². The van der Waals surface area contributed by atoms with Crippen molar-refractivity contribution in [3.63, 3.8) is 0 Å². The molecule has 2 N–H and O–H groups in total. The first kappa shape index (κ1) is 16.2. The van der Waals surface area contributed by atoms with Gasteiger partial charge in [-0.1, -0.05) is 44.2 Å². The van der Waals surface area contributed by atoms with E-state index in [1.54, 1.807) is 43.3 Å². The van der Waals surface area contributed by atoms with E-state index in [1.807, 2.05) is 13.8 Å². The first-order chi connectivity index (χ1) is 10.2. The molecule has 0 radical (unpaired) electrons. The van der Waals surface area contributed by atoms with Crippen LogP contribution in [0.5, 0.6) is 0 Å². The molecule has 0 spiro atoms. The van der Waals surface area contributed by atoms with Crippen molar-refractivity contribution in [2.24, 2.45) is 5.41 Å². The maximum absolute atomic E-state index is 12.2. The first-order valence-corrected chi connectivity index (χ1v) is 7.13. The molecule has 0 amide bonds. The summed E-state index contributed by atoms with van der Waals surface area (Å²) >= 11 is 0. The zero-order valence-corrected chi connectivity index (χ0v) is 13.0. The normalized spacial score (nSPS) is 24.4. The number of carbonyl (C=O) groups excluding carboxylic acids is 1. The molecular formula is C18H20O4. The molecule has 0 aliphatic heterocycles. The minimum absolute atomic E-state index is 0.0106. The Morgan fingerprint density at radius 3 is 2.55 bits per heavy atom. The van der Waals surface area contributed by atoms with Crippen molar-refractivity contribution in [1.29, 1.82) is 0 Å². The van der Waals surface area contributed by atoms with Crippen LogP contribution in [-0.4, -0.2) is 22.0 Å². The number of carboxylic acid groups (broad SMARTS) is 1. The molecule has 1 aromatic carbocycles. The third-order valence-corrected chi connectivity index (χ3v) is 4.21. The summed E-state index contributed by atoms with van der Waals surface area (Å²) in [5.74, 6) is -1.02. The lowest BCUT2D eigenvalue weighted by Gasteiger charge is -2.45. The Morgan fingerprint density at radius 1 is 1.27 bits per heavy atom. The predicted octanol–water partition coefficient (Wildman–Crippen LogP) is 3.07. The Bertz CT molecular complexity index is 682. The fourth-order valence-electron chi connectivity index (χ4n) is 2.86. The number of fused-ring (bicyclic) bond motifs is 1. The van der Waals surface area contributed by atoms with Gasteiger partial charge < -0.3 is 10.2 Å². The number of ketones is 1. The Kier molecular flexibility index (Phi) is 4.07. The third-order valence-electron chi connectivity index (χ3n) is 4.21. The maximum atomic E-state index is 12.2. The summed E-state index contributed by atoms with van der Waals surface area (Å²) in [4.78, 5) is 22.9. The lowest BCUT2D eigenvalue weighted by Crippen LogP contribution is -2.46. The van der Waals surface area contributed by atoms with Gasteiger partial charge in [-0.2, -0.15) is 0 Å². The fraction of sp³-hybridized carbons (Fsp3) is 0.333. The topological polar surface area (TPSA) is 74.6 Å². The van der Waals surface area contributed by atoms with Gasteiger partial charge in [-0.15, -0.1) is 0 Å². The van der Waals surface area contributed by atoms with E-state index in [0.29, 0.717) is 16.7 Å². The van der Waals surface area contributed by atoms with Crippen LogP contribution in [-0.2, 0) is 10.4 Å². The predicted molar refractivity (Wildman–Crippen MR) is 83.6 cm³/mol. The molecule has 0 aromatic heterocycles. The van der Waals surface area contributed by atoms with Crippen molar-refractivity contribution in [2.45, 2.75) is 32.8 Å². The summed E-state index contributed by atoms with van der Waals surface area (Å²) in [6, 6.07) is 7.02. The van der Waals surface area contributed by atoms with Crippen LogP contribution in [0.25, 0.3) is 0 Å². The fourth-order valence-corrected chi connectivity index (χ4v) is 2.86. The minimum Gasteiger partial charge on any atom is -0.478 e. The molecule has 0 saturated carbocycles. The molecule has 0 bridgehead atoms. The summed E-state index contributed by atoms with van der Waals surface area (Å²) in [6.07, 6.45) is 4.48. The highest BCUT2D eigenvalue weighted by Gasteiger charge is 2.49. The van der Waals surface area contributed by atoms with Gasteiger partial charge in [0.25, 0.3) is 0 Å². The van der Waals surface area contributed by atoms with Gasteiger partial charge >= 0.3 is 5.97 Å². The molecule has 2 rings (SSSR count). The van der Waals surface area contributed by atoms with Crippen molar-refractivity contribution < 1.29 is 19.8 Å². The number of carbonyl (C=O) groups is 2. The number of rotatable bonds is 3. The first-order valence-electron chi connectivity index (χ1n) is 7.13. The largest absolute Gasteiger partial charge is 0.478 e. The van der Waals surface area contributed by atoms with E-state index in [-0.39, 0.29) is 12.2 Å². The van der Waals surface area contributed by atoms with Gasteiger partial charge in [0, 0.05) is 23.5 Å². The van der Waals surface area contributed by atoms with Crippen LogP contribution in [0.4, 0.5) is 0 Å². The van der Waals surface area contributed by atoms with E-state index in [4.69, 9.17) is 5.11 Å². The van der Waals surface area contributed by atoms with Crippen molar-refractivity contribution in [3.8, 4) is 0 Å². The SMILES string of the molecule is CC(=C/C(=O)O)/C=C/C1(O)c2ccccc2C(=O)CC1(C)C. The summed E-state index contributed by atoms with van der Waals surface area (Å²) < 4.78 is 0. The quantitative estimate of drug-likeness (QED) is 0.664. The summed E-state index contributed by atoms with van der Waals surface area (Å²) in [6.45, 7) is 5.32. The Balaban J connectivity index is 2.55. The van der Waals surface area contributed by atoms with Crippen molar-refractivity contribution >= 4 is 11.8 Å². The van der Waals surface area contributed by atoms with Gasteiger partial charge in [0.1, 0.15) is 5.60 Å². The van der Waals surface area contributed by atoms with Crippen molar-refractivity contribution in [1.82, 2.24) is 0 Å². The molecule has 4 heteroatoms. The Morgan fingerprint density at radius 2 is 1.91 bits per heavy atom. The molecule has 116 valence electrons. The van der Waals surface area contributed by atoms with Gasteiger partial charge in [-0.3, -0.25) is 4.79 Å². The molecule has 0 heterocycles. The van der Waals surface area contributed by atoms with Gasteiger partial charge in [0.2, 0.25) is 0 Å². The molecule has 4 nitrogen and oxygen atoms in total. The monoisotopic (exact) mass is 300 g/mol. The highest BCUT2D eigenvalue weighted by atomic mass is 16.4. The molecule has 1 aromatic rings. The molecule has 1 unspecified atom stereocenters. The van der Waals surface area contributed by atoms with Crippen LogP contribution in [0, 0.1) is 5.41 Å². The Hall–Kier alpha value is -2.20. The van der Waals surface area contributed by atoms with E-state index in [0.717, 1.165) is 6.08 Å². The molecular weight excluding hydrogens is 280 g/mol. The summed E-state index contributed by atoms with van der Waals surface area (Å²) in [5, 5.41) is 20.0. The van der Waals surface area contributed by atoms with Gasteiger partial charge in [0.15, 0.2) is 5.78 Å².